The fourth-order valence-corrected chi connectivity index (χ4v) is 4.52. The molecule has 1 amide bonds. The zero-order valence-corrected chi connectivity index (χ0v) is 19.1. The first kappa shape index (κ1) is 21.9. The molecule has 0 aliphatic carbocycles. The van der Waals surface area contributed by atoms with Gasteiger partial charge in [-0.25, -0.2) is 0 Å². The molecule has 0 bridgehead atoms. The Bertz CT molecular complexity index is 930. The molecule has 0 saturated carbocycles. The molecule has 0 spiro atoms. The van der Waals surface area contributed by atoms with Gasteiger partial charge in [-0.05, 0) is 55.1 Å². The van der Waals surface area contributed by atoms with Gasteiger partial charge in [0, 0.05) is 24.7 Å². The highest BCUT2D eigenvalue weighted by Gasteiger charge is 2.33. The number of piperidine rings is 1. The standard InChI is InChI=1S/C24H30ClN3O3/c1-24(2,3)23(29)27-21(19-8-4-5-9-26-19)17-7-6-10-28(14-17)13-16-11-18(25)22-20(12-16)30-15-31-22/h4-5,8-9,11-12,17,21H,6-7,10,13-15H2,1-3H3,(H,27,29)/t17-,21-/m0/s1. The number of carbonyl (C=O) groups excluding carboxylic acids is 1. The maximum atomic E-state index is 12.8. The maximum Gasteiger partial charge on any atom is 0.231 e. The molecule has 0 radical (unpaired) electrons. The predicted molar refractivity (Wildman–Crippen MR) is 120 cm³/mol. The fourth-order valence-electron chi connectivity index (χ4n) is 4.23. The lowest BCUT2D eigenvalue weighted by atomic mass is 9.86. The minimum Gasteiger partial charge on any atom is -0.454 e. The number of nitrogens with zero attached hydrogens (tertiary/aromatic N) is 2. The van der Waals surface area contributed by atoms with Crippen LogP contribution in [-0.4, -0.2) is 35.7 Å². The number of amides is 1. The maximum absolute atomic E-state index is 12.8. The summed E-state index contributed by atoms with van der Waals surface area (Å²) in [6, 6.07) is 9.74. The third kappa shape index (κ3) is 5.13. The molecular weight excluding hydrogens is 414 g/mol. The molecular formula is C24H30ClN3O3. The molecule has 3 heterocycles. The van der Waals surface area contributed by atoms with Gasteiger partial charge in [-0.3, -0.25) is 14.7 Å². The van der Waals surface area contributed by atoms with Gasteiger partial charge in [0.2, 0.25) is 12.7 Å². The van der Waals surface area contributed by atoms with E-state index in [1.165, 1.54) is 0 Å². The Morgan fingerprint density at radius 1 is 1.32 bits per heavy atom. The van der Waals surface area contributed by atoms with E-state index < -0.39 is 5.41 Å². The van der Waals surface area contributed by atoms with Crippen molar-refractivity contribution in [1.82, 2.24) is 15.2 Å². The van der Waals surface area contributed by atoms with Crippen LogP contribution in [0.4, 0.5) is 0 Å². The van der Waals surface area contributed by atoms with Crippen molar-refractivity contribution in [2.75, 3.05) is 19.9 Å². The van der Waals surface area contributed by atoms with Crippen molar-refractivity contribution in [3.63, 3.8) is 0 Å². The van der Waals surface area contributed by atoms with Gasteiger partial charge in [-0.15, -0.1) is 0 Å². The molecule has 4 rings (SSSR count). The molecule has 0 unspecified atom stereocenters. The van der Waals surface area contributed by atoms with Crippen molar-refractivity contribution in [3.05, 3.63) is 52.8 Å². The number of halogens is 1. The molecule has 2 aromatic rings. The number of rotatable bonds is 5. The number of nitrogens with one attached hydrogen (secondary N) is 1. The average molecular weight is 444 g/mol. The molecule has 1 N–H and O–H groups in total. The Kier molecular flexibility index (Phi) is 6.39. The van der Waals surface area contributed by atoms with E-state index in [1.807, 2.05) is 51.1 Å². The van der Waals surface area contributed by atoms with E-state index in [9.17, 15) is 4.79 Å². The van der Waals surface area contributed by atoms with Crippen LogP contribution in [-0.2, 0) is 11.3 Å². The van der Waals surface area contributed by atoms with Crippen LogP contribution in [0.2, 0.25) is 5.02 Å². The first-order valence-corrected chi connectivity index (χ1v) is 11.2. The van der Waals surface area contributed by atoms with Crippen molar-refractivity contribution in [2.24, 2.45) is 11.3 Å². The van der Waals surface area contributed by atoms with E-state index in [0.717, 1.165) is 43.7 Å². The summed E-state index contributed by atoms with van der Waals surface area (Å²) in [6.07, 6.45) is 3.91. The van der Waals surface area contributed by atoms with Crippen LogP contribution in [0.15, 0.2) is 36.5 Å². The number of ether oxygens (including phenoxy) is 2. The quantitative estimate of drug-likeness (QED) is 0.732. The lowest BCUT2D eigenvalue weighted by Crippen LogP contribution is -2.45. The van der Waals surface area contributed by atoms with E-state index in [-0.39, 0.29) is 24.7 Å². The van der Waals surface area contributed by atoms with E-state index in [2.05, 4.69) is 15.2 Å². The number of aromatic nitrogens is 1. The Balaban J connectivity index is 1.51. The lowest BCUT2D eigenvalue weighted by Gasteiger charge is -2.38. The molecule has 1 aromatic carbocycles. The summed E-state index contributed by atoms with van der Waals surface area (Å²) < 4.78 is 10.9. The van der Waals surface area contributed by atoms with Gasteiger partial charge in [0.15, 0.2) is 11.5 Å². The third-order valence-electron chi connectivity index (χ3n) is 5.88. The second-order valence-electron chi connectivity index (χ2n) is 9.40. The van der Waals surface area contributed by atoms with Gasteiger partial charge in [0.1, 0.15) is 0 Å². The monoisotopic (exact) mass is 443 g/mol. The molecule has 166 valence electrons. The van der Waals surface area contributed by atoms with Crippen molar-refractivity contribution in [3.8, 4) is 11.5 Å². The largest absolute Gasteiger partial charge is 0.454 e. The van der Waals surface area contributed by atoms with Crippen molar-refractivity contribution >= 4 is 17.5 Å². The van der Waals surface area contributed by atoms with E-state index in [1.54, 1.807) is 6.20 Å². The predicted octanol–water partition coefficient (Wildman–Crippen LogP) is 4.58. The first-order chi connectivity index (χ1) is 14.8. The van der Waals surface area contributed by atoms with Crippen LogP contribution in [0.25, 0.3) is 0 Å². The normalized spacial score (nSPS) is 19.8. The number of pyridine rings is 1. The zero-order chi connectivity index (χ0) is 22.0. The second-order valence-corrected chi connectivity index (χ2v) is 9.81. The number of carbonyl (C=O) groups is 1. The molecule has 2 aliphatic heterocycles. The van der Waals surface area contributed by atoms with E-state index in [0.29, 0.717) is 16.5 Å². The Morgan fingerprint density at radius 3 is 2.90 bits per heavy atom. The lowest BCUT2D eigenvalue weighted by molar-refractivity contribution is -0.130. The van der Waals surface area contributed by atoms with Crippen LogP contribution in [0.1, 0.15) is 50.9 Å². The average Bonchev–Trinajstić information content (AvgIpc) is 3.21. The van der Waals surface area contributed by atoms with Gasteiger partial charge in [0.05, 0.1) is 16.8 Å². The van der Waals surface area contributed by atoms with Crippen molar-refractivity contribution < 1.29 is 14.3 Å². The molecule has 1 saturated heterocycles. The number of hydrogen-bond donors (Lipinski definition) is 1. The summed E-state index contributed by atoms with van der Waals surface area (Å²) in [5.41, 5.74) is 1.56. The highest BCUT2D eigenvalue weighted by atomic mass is 35.5. The molecule has 2 atom stereocenters. The summed E-state index contributed by atoms with van der Waals surface area (Å²) in [6.45, 7) is 8.68. The number of benzene rings is 1. The Labute approximate surface area is 188 Å². The molecule has 1 aromatic heterocycles. The second kappa shape index (κ2) is 9.05. The Morgan fingerprint density at radius 2 is 2.16 bits per heavy atom. The summed E-state index contributed by atoms with van der Waals surface area (Å²) in [5, 5.41) is 3.87. The zero-order valence-electron chi connectivity index (χ0n) is 18.4. The fraction of sp³-hybridized carbons (Fsp3) is 0.500. The van der Waals surface area contributed by atoms with E-state index in [4.69, 9.17) is 21.1 Å². The molecule has 1 fully saturated rings. The highest BCUT2D eigenvalue weighted by Crippen LogP contribution is 2.40. The summed E-state index contributed by atoms with van der Waals surface area (Å²) in [4.78, 5) is 19.8. The summed E-state index contributed by atoms with van der Waals surface area (Å²) in [5.74, 6) is 1.66. The highest BCUT2D eigenvalue weighted by molar-refractivity contribution is 6.32. The van der Waals surface area contributed by atoms with Crippen molar-refractivity contribution in [1.29, 1.82) is 0 Å². The molecule has 31 heavy (non-hydrogen) atoms. The SMILES string of the molecule is CC(C)(C)C(=O)N[C@H](c1ccccn1)[C@H]1CCCN(Cc2cc(Cl)c3c(c2)OCO3)C1. The van der Waals surface area contributed by atoms with E-state index >= 15 is 0 Å². The first-order valence-electron chi connectivity index (χ1n) is 10.8. The van der Waals surface area contributed by atoms with Crippen LogP contribution in [0, 0.1) is 11.3 Å². The van der Waals surface area contributed by atoms with Gasteiger partial charge in [0.25, 0.3) is 0 Å². The number of hydrogen-bond acceptors (Lipinski definition) is 5. The van der Waals surface area contributed by atoms with Crippen LogP contribution >= 0.6 is 11.6 Å². The minimum atomic E-state index is -0.454. The topological polar surface area (TPSA) is 63.7 Å². The third-order valence-corrected chi connectivity index (χ3v) is 6.16. The number of likely N-dealkylation sites (tertiary alicyclic amines) is 1. The van der Waals surface area contributed by atoms with Crippen LogP contribution < -0.4 is 14.8 Å². The molecule has 7 heteroatoms. The number of fused-ring (bicyclic) bond motifs is 1. The molecule has 2 aliphatic rings. The van der Waals surface area contributed by atoms with Gasteiger partial charge in [-0.2, -0.15) is 0 Å². The van der Waals surface area contributed by atoms with Gasteiger partial charge >= 0.3 is 0 Å². The van der Waals surface area contributed by atoms with Crippen LogP contribution in [0.5, 0.6) is 11.5 Å². The van der Waals surface area contributed by atoms with Crippen molar-refractivity contribution in [2.45, 2.75) is 46.2 Å². The minimum absolute atomic E-state index is 0.0443. The summed E-state index contributed by atoms with van der Waals surface area (Å²) >= 11 is 6.37. The summed E-state index contributed by atoms with van der Waals surface area (Å²) in [7, 11) is 0. The van der Waals surface area contributed by atoms with Gasteiger partial charge in [-0.1, -0.05) is 38.4 Å². The van der Waals surface area contributed by atoms with Crippen LogP contribution in [0.3, 0.4) is 0 Å². The molecule has 6 nitrogen and oxygen atoms in total. The van der Waals surface area contributed by atoms with Gasteiger partial charge < -0.3 is 14.8 Å². The Hall–Kier alpha value is -2.31. The smallest absolute Gasteiger partial charge is 0.231 e.